The number of aromatic nitrogens is 2. The van der Waals surface area contributed by atoms with Crippen molar-refractivity contribution in [1.82, 2.24) is 15.1 Å². The third-order valence-corrected chi connectivity index (χ3v) is 2.97. The van der Waals surface area contributed by atoms with Crippen molar-refractivity contribution in [2.24, 2.45) is 0 Å². The van der Waals surface area contributed by atoms with E-state index in [1.165, 1.54) is 11.3 Å². The lowest BCUT2D eigenvalue weighted by Gasteiger charge is -2.22. The number of carbonyl (C=O) groups excluding carboxylic acids is 1. The van der Waals surface area contributed by atoms with Gasteiger partial charge >= 0.3 is 0 Å². The quantitative estimate of drug-likeness (QED) is 0.801. The van der Waals surface area contributed by atoms with Crippen LogP contribution >= 0.6 is 0 Å². The SMILES string of the molecule is CCC(=O)Cc1n[nH]c2c1CN(C)CC2. The lowest BCUT2D eigenvalue weighted by molar-refractivity contribution is -0.118. The molecule has 15 heavy (non-hydrogen) atoms. The van der Waals surface area contributed by atoms with Gasteiger partial charge in [-0.1, -0.05) is 6.92 Å². The van der Waals surface area contributed by atoms with Crippen LogP contribution in [0, 0.1) is 0 Å². The molecule has 0 aromatic carbocycles. The van der Waals surface area contributed by atoms with Crippen LogP contribution in [0.15, 0.2) is 0 Å². The summed E-state index contributed by atoms with van der Waals surface area (Å²) in [4.78, 5) is 13.6. The molecule has 0 bridgehead atoms. The minimum atomic E-state index is 0.262. The van der Waals surface area contributed by atoms with E-state index in [4.69, 9.17) is 0 Å². The van der Waals surface area contributed by atoms with Crippen LogP contribution < -0.4 is 0 Å². The Hall–Kier alpha value is -1.16. The van der Waals surface area contributed by atoms with Crippen LogP contribution in [0.2, 0.25) is 0 Å². The average molecular weight is 207 g/mol. The number of fused-ring (bicyclic) bond motifs is 1. The Bertz CT molecular complexity index is 370. The Morgan fingerprint density at radius 1 is 1.60 bits per heavy atom. The lowest BCUT2D eigenvalue weighted by atomic mass is 10.0. The largest absolute Gasteiger partial charge is 0.302 e. The standard InChI is InChI=1S/C11H17N3O/c1-3-8(15)6-11-9-7-14(2)5-4-10(9)12-13-11/h3-7H2,1-2H3,(H,12,13). The number of aromatic amines is 1. The molecule has 0 spiro atoms. The van der Waals surface area contributed by atoms with Gasteiger partial charge in [0.2, 0.25) is 0 Å². The number of nitrogens with one attached hydrogen (secondary N) is 1. The summed E-state index contributed by atoms with van der Waals surface area (Å²) in [5.41, 5.74) is 3.40. The molecule has 1 aliphatic rings. The third kappa shape index (κ3) is 2.09. The number of rotatable bonds is 3. The minimum absolute atomic E-state index is 0.262. The molecule has 4 heteroatoms. The van der Waals surface area contributed by atoms with E-state index in [-0.39, 0.29) is 5.78 Å². The Morgan fingerprint density at radius 2 is 2.40 bits per heavy atom. The maximum absolute atomic E-state index is 11.4. The van der Waals surface area contributed by atoms with Crippen LogP contribution in [0.4, 0.5) is 0 Å². The molecule has 1 N–H and O–H groups in total. The topological polar surface area (TPSA) is 49.0 Å². The molecule has 0 atom stereocenters. The van der Waals surface area contributed by atoms with Crippen LogP contribution in [0.25, 0.3) is 0 Å². The number of ketones is 1. The van der Waals surface area contributed by atoms with E-state index in [2.05, 4.69) is 22.1 Å². The number of nitrogens with zero attached hydrogens (tertiary/aromatic N) is 2. The average Bonchev–Trinajstić information content (AvgIpc) is 2.61. The first kappa shape index (κ1) is 10.4. The van der Waals surface area contributed by atoms with Gasteiger partial charge in [0, 0.05) is 37.2 Å². The zero-order chi connectivity index (χ0) is 10.8. The van der Waals surface area contributed by atoms with Crippen LogP contribution in [0.1, 0.15) is 30.3 Å². The normalized spacial score (nSPS) is 16.4. The van der Waals surface area contributed by atoms with Crippen molar-refractivity contribution in [2.75, 3.05) is 13.6 Å². The van der Waals surface area contributed by atoms with Gasteiger partial charge in [0.05, 0.1) is 12.1 Å². The van der Waals surface area contributed by atoms with E-state index in [1.807, 2.05) is 6.92 Å². The summed E-state index contributed by atoms with van der Waals surface area (Å²) in [5.74, 6) is 0.262. The number of H-pyrrole nitrogens is 1. The summed E-state index contributed by atoms with van der Waals surface area (Å²) in [6, 6.07) is 0. The molecule has 82 valence electrons. The maximum Gasteiger partial charge on any atom is 0.138 e. The maximum atomic E-state index is 11.4. The molecule has 1 aromatic rings. The molecule has 0 unspecified atom stereocenters. The summed E-state index contributed by atoms with van der Waals surface area (Å²) in [6.07, 6.45) is 2.09. The van der Waals surface area contributed by atoms with Gasteiger partial charge in [-0.2, -0.15) is 5.10 Å². The van der Waals surface area contributed by atoms with Crippen LogP contribution in [-0.2, 0) is 24.2 Å². The molecule has 2 rings (SSSR count). The second-order valence-electron chi connectivity index (χ2n) is 4.18. The van der Waals surface area contributed by atoms with Crippen molar-refractivity contribution in [2.45, 2.75) is 32.7 Å². The molecule has 0 fully saturated rings. The van der Waals surface area contributed by atoms with Gasteiger partial charge in [-0.15, -0.1) is 0 Å². The van der Waals surface area contributed by atoms with Gasteiger partial charge in [-0.3, -0.25) is 9.89 Å². The fraction of sp³-hybridized carbons (Fsp3) is 0.636. The van der Waals surface area contributed by atoms with E-state index in [9.17, 15) is 4.79 Å². The predicted octanol–water partition coefficient (Wildman–Crippen LogP) is 0.919. The monoisotopic (exact) mass is 207 g/mol. The molecular formula is C11H17N3O. The second-order valence-corrected chi connectivity index (χ2v) is 4.18. The van der Waals surface area contributed by atoms with E-state index in [0.29, 0.717) is 12.8 Å². The van der Waals surface area contributed by atoms with Gasteiger partial charge in [0.1, 0.15) is 5.78 Å². The third-order valence-electron chi connectivity index (χ3n) is 2.97. The van der Waals surface area contributed by atoms with Crippen molar-refractivity contribution < 1.29 is 4.79 Å². The Kier molecular flexibility index (Phi) is 2.86. The number of likely N-dealkylation sites (N-methyl/N-ethyl adjacent to an activating group) is 1. The smallest absolute Gasteiger partial charge is 0.138 e. The molecule has 1 aliphatic heterocycles. The molecule has 4 nitrogen and oxygen atoms in total. The van der Waals surface area contributed by atoms with Crippen molar-refractivity contribution in [1.29, 1.82) is 0 Å². The zero-order valence-electron chi connectivity index (χ0n) is 9.34. The number of carbonyl (C=O) groups is 1. The molecular weight excluding hydrogens is 190 g/mol. The van der Waals surface area contributed by atoms with E-state index in [0.717, 1.165) is 25.2 Å². The first-order valence-electron chi connectivity index (χ1n) is 5.46. The van der Waals surface area contributed by atoms with Crippen molar-refractivity contribution >= 4 is 5.78 Å². The van der Waals surface area contributed by atoms with Gasteiger partial charge in [0.15, 0.2) is 0 Å². The highest BCUT2D eigenvalue weighted by atomic mass is 16.1. The summed E-state index contributed by atoms with van der Waals surface area (Å²) >= 11 is 0. The first-order chi connectivity index (χ1) is 7.20. The minimum Gasteiger partial charge on any atom is -0.302 e. The summed E-state index contributed by atoms with van der Waals surface area (Å²) < 4.78 is 0. The van der Waals surface area contributed by atoms with Crippen molar-refractivity contribution in [3.63, 3.8) is 0 Å². The van der Waals surface area contributed by atoms with Crippen LogP contribution in [-0.4, -0.2) is 34.5 Å². The molecule has 0 saturated heterocycles. The Balaban J connectivity index is 2.19. The summed E-state index contributed by atoms with van der Waals surface area (Å²) in [7, 11) is 2.10. The molecule has 0 aliphatic carbocycles. The number of hydrogen-bond donors (Lipinski definition) is 1. The molecule has 0 radical (unpaired) electrons. The highest BCUT2D eigenvalue weighted by Gasteiger charge is 2.20. The van der Waals surface area contributed by atoms with Gasteiger partial charge in [0.25, 0.3) is 0 Å². The van der Waals surface area contributed by atoms with Gasteiger partial charge < -0.3 is 4.90 Å². The Labute approximate surface area is 89.7 Å². The first-order valence-corrected chi connectivity index (χ1v) is 5.46. The Morgan fingerprint density at radius 3 is 3.13 bits per heavy atom. The summed E-state index contributed by atoms with van der Waals surface area (Å²) in [6.45, 7) is 3.88. The lowest BCUT2D eigenvalue weighted by Crippen LogP contribution is -2.26. The molecule has 0 amide bonds. The van der Waals surface area contributed by atoms with Gasteiger partial charge in [-0.05, 0) is 7.05 Å². The van der Waals surface area contributed by atoms with E-state index < -0.39 is 0 Å². The van der Waals surface area contributed by atoms with Crippen LogP contribution in [0.5, 0.6) is 0 Å². The van der Waals surface area contributed by atoms with Crippen molar-refractivity contribution in [3.8, 4) is 0 Å². The highest BCUT2D eigenvalue weighted by molar-refractivity contribution is 5.80. The fourth-order valence-corrected chi connectivity index (χ4v) is 1.95. The number of hydrogen-bond acceptors (Lipinski definition) is 3. The molecule has 1 aromatic heterocycles. The molecule has 2 heterocycles. The highest BCUT2D eigenvalue weighted by Crippen LogP contribution is 2.19. The van der Waals surface area contributed by atoms with Gasteiger partial charge in [-0.25, -0.2) is 0 Å². The van der Waals surface area contributed by atoms with E-state index >= 15 is 0 Å². The number of Topliss-reactive ketones (excluding diaryl/α,β-unsaturated/α-hetero) is 1. The van der Waals surface area contributed by atoms with Crippen molar-refractivity contribution in [3.05, 3.63) is 17.0 Å². The second kappa shape index (κ2) is 4.14. The van der Waals surface area contributed by atoms with Crippen LogP contribution in [0.3, 0.4) is 0 Å². The summed E-state index contributed by atoms with van der Waals surface area (Å²) in [5, 5.41) is 7.30. The predicted molar refractivity (Wildman–Crippen MR) is 57.6 cm³/mol. The van der Waals surface area contributed by atoms with E-state index in [1.54, 1.807) is 0 Å². The molecule has 0 saturated carbocycles. The fourth-order valence-electron chi connectivity index (χ4n) is 1.95. The zero-order valence-corrected chi connectivity index (χ0v) is 9.34.